The number of nitrogens with zero attached hydrogens (tertiary/aromatic N) is 3. The van der Waals surface area contributed by atoms with Crippen molar-refractivity contribution in [2.75, 3.05) is 41.0 Å². The molecule has 3 saturated heterocycles. The van der Waals surface area contributed by atoms with Crippen molar-refractivity contribution in [3.8, 4) is 5.75 Å². The van der Waals surface area contributed by atoms with Crippen LogP contribution >= 0.6 is 0 Å². The van der Waals surface area contributed by atoms with Crippen molar-refractivity contribution < 1.29 is 29.0 Å². The summed E-state index contributed by atoms with van der Waals surface area (Å²) >= 11 is 0. The van der Waals surface area contributed by atoms with Crippen molar-refractivity contribution in [2.24, 2.45) is 29.1 Å². The number of anilines is 3. The molecule has 5 aliphatic rings. The highest BCUT2D eigenvalue weighted by molar-refractivity contribution is 6.25. The first-order valence-corrected chi connectivity index (χ1v) is 16.0. The minimum Gasteiger partial charge on any atom is -0.508 e. The summed E-state index contributed by atoms with van der Waals surface area (Å²) in [6.45, 7) is 4.73. The molecule has 3 aromatic rings. The van der Waals surface area contributed by atoms with E-state index in [0.29, 0.717) is 36.6 Å². The molecule has 6 atom stereocenters. The highest BCUT2D eigenvalue weighted by atomic mass is 16.5. The SMILES string of the molecule is C[C@@]12C(=O)N(c3ccccc3)C(=O)[C@@H]1C[C@@H]1C(=CC[C@@H]3C(=O)N(c4ccc(N5CCOCC5)cc4)C(=O)[C@@H]31)[C@@H]2c1cccc(O)c1. The van der Waals surface area contributed by atoms with Gasteiger partial charge in [0, 0.05) is 24.7 Å². The number of amides is 4. The highest BCUT2D eigenvalue weighted by Crippen LogP contribution is 2.63. The van der Waals surface area contributed by atoms with Gasteiger partial charge in [-0.15, -0.1) is 0 Å². The Balaban J connectivity index is 1.18. The van der Waals surface area contributed by atoms with E-state index in [9.17, 15) is 24.3 Å². The number of aromatic hydroxyl groups is 1. The molecule has 0 unspecified atom stereocenters. The van der Waals surface area contributed by atoms with Crippen molar-refractivity contribution in [3.05, 3.63) is 96.1 Å². The normalized spacial score (nSPS) is 30.7. The van der Waals surface area contributed by atoms with Crippen LogP contribution in [0.1, 0.15) is 31.2 Å². The number of phenols is 1. The third-order valence-electron chi connectivity index (χ3n) is 11.0. The zero-order valence-corrected chi connectivity index (χ0v) is 25.5. The second-order valence-electron chi connectivity index (χ2n) is 13.2. The minimum absolute atomic E-state index is 0.0598. The Morgan fingerprint density at radius 1 is 0.761 bits per heavy atom. The number of morpholine rings is 1. The van der Waals surface area contributed by atoms with E-state index in [4.69, 9.17) is 4.74 Å². The zero-order chi connectivity index (χ0) is 31.7. The van der Waals surface area contributed by atoms with Crippen molar-refractivity contribution in [3.63, 3.8) is 0 Å². The standard InChI is InChI=1S/C37H35N3O6/c1-37-30(34(43)40(36(37)45)24-7-3-2-4-8-24)21-29-27(32(37)22-6-5-9-26(41)20-22)14-15-28-31(29)35(44)39(33(28)42)25-12-10-23(11-13-25)38-16-18-46-19-17-38/h2-14,20,28-32,41H,15-19,21H2,1H3/t28-,29+,30-,31-,32-,37+/m0/s1. The number of carbonyl (C=O) groups is 4. The molecule has 3 aliphatic heterocycles. The van der Waals surface area contributed by atoms with Gasteiger partial charge in [0.2, 0.25) is 23.6 Å². The van der Waals surface area contributed by atoms with E-state index < -0.39 is 35.0 Å². The maximum Gasteiger partial charge on any atom is 0.241 e. The summed E-state index contributed by atoms with van der Waals surface area (Å²) in [6, 6.07) is 23.3. The highest BCUT2D eigenvalue weighted by Gasteiger charge is 2.67. The molecule has 4 amide bonds. The number of rotatable bonds is 4. The average molecular weight is 618 g/mol. The molecule has 46 heavy (non-hydrogen) atoms. The Bertz CT molecular complexity index is 1780. The molecule has 0 spiro atoms. The van der Waals surface area contributed by atoms with E-state index in [-0.39, 0.29) is 35.8 Å². The fourth-order valence-corrected chi connectivity index (χ4v) is 8.81. The van der Waals surface area contributed by atoms with Gasteiger partial charge in [0.1, 0.15) is 5.75 Å². The molecule has 9 nitrogen and oxygen atoms in total. The van der Waals surface area contributed by atoms with Crippen LogP contribution in [-0.4, -0.2) is 55.0 Å². The molecular formula is C37H35N3O6. The van der Waals surface area contributed by atoms with Crippen LogP contribution in [0.25, 0.3) is 0 Å². The number of hydrogen-bond acceptors (Lipinski definition) is 7. The van der Waals surface area contributed by atoms with Crippen molar-refractivity contribution in [2.45, 2.75) is 25.7 Å². The smallest absolute Gasteiger partial charge is 0.241 e. The molecule has 4 fully saturated rings. The zero-order valence-electron chi connectivity index (χ0n) is 25.5. The van der Waals surface area contributed by atoms with Gasteiger partial charge in [0.15, 0.2) is 0 Å². The molecule has 3 heterocycles. The number of imide groups is 2. The van der Waals surface area contributed by atoms with Gasteiger partial charge in [0.05, 0.1) is 47.8 Å². The van der Waals surface area contributed by atoms with Gasteiger partial charge in [-0.25, -0.2) is 4.90 Å². The van der Waals surface area contributed by atoms with Crippen LogP contribution in [0.3, 0.4) is 0 Å². The fourth-order valence-electron chi connectivity index (χ4n) is 8.81. The maximum absolute atomic E-state index is 14.4. The van der Waals surface area contributed by atoms with Gasteiger partial charge in [-0.05, 0) is 79.8 Å². The fraction of sp³-hybridized carbons (Fsp3) is 0.351. The van der Waals surface area contributed by atoms with E-state index >= 15 is 0 Å². The number of phenolic OH excluding ortho intramolecular Hbond substituents is 1. The molecule has 0 bridgehead atoms. The molecule has 3 aromatic carbocycles. The van der Waals surface area contributed by atoms with Crippen LogP contribution in [-0.2, 0) is 23.9 Å². The van der Waals surface area contributed by atoms with Crippen molar-refractivity contribution in [1.82, 2.24) is 0 Å². The van der Waals surface area contributed by atoms with Crippen LogP contribution < -0.4 is 14.7 Å². The Kier molecular flexibility index (Phi) is 6.65. The molecule has 0 aromatic heterocycles. The lowest BCUT2D eigenvalue weighted by atomic mass is 9.51. The Labute approximate surface area is 267 Å². The first-order chi connectivity index (χ1) is 22.3. The molecule has 1 saturated carbocycles. The summed E-state index contributed by atoms with van der Waals surface area (Å²) in [5.41, 5.74) is 2.53. The number of benzene rings is 3. The molecule has 9 heteroatoms. The summed E-state index contributed by atoms with van der Waals surface area (Å²) in [4.78, 5) is 61.8. The average Bonchev–Trinajstić information content (AvgIpc) is 3.45. The van der Waals surface area contributed by atoms with E-state index in [2.05, 4.69) is 4.90 Å². The molecule has 1 N–H and O–H groups in total. The first-order valence-electron chi connectivity index (χ1n) is 16.0. The Hall–Kier alpha value is -4.76. The minimum atomic E-state index is -1.14. The largest absolute Gasteiger partial charge is 0.508 e. The maximum atomic E-state index is 14.4. The van der Waals surface area contributed by atoms with Gasteiger partial charge in [-0.3, -0.25) is 24.1 Å². The van der Waals surface area contributed by atoms with Crippen LogP contribution in [0.2, 0.25) is 0 Å². The number of hydrogen-bond donors (Lipinski definition) is 1. The number of allylic oxidation sites excluding steroid dienone is 2. The predicted octanol–water partition coefficient (Wildman–Crippen LogP) is 4.66. The summed E-state index contributed by atoms with van der Waals surface area (Å²) in [6.07, 6.45) is 2.68. The number of fused-ring (bicyclic) bond motifs is 4. The van der Waals surface area contributed by atoms with E-state index in [0.717, 1.165) is 24.4 Å². The topological polar surface area (TPSA) is 107 Å². The van der Waals surface area contributed by atoms with Crippen LogP contribution in [0.15, 0.2) is 90.5 Å². The lowest BCUT2D eigenvalue weighted by Crippen LogP contribution is -2.48. The molecule has 234 valence electrons. The summed E-state index contributed by atoms with van der Waals surface area (Å²) in [7, 11) is 0. The third kappa shape index (κ3) is 4.10. The lowest BCUT2D eigenvalue weighted by molar-refractivity contribution is -0.131. The first kappa shape index (κ1) is 28.7. The monoisotopic (exact) mass is 617 g/mol. The third-order valence-corrected chi connectivity index (χ3v) is 11.0. The lowest BCUT2D eigenvalue weighted by Gasteiger charge is -2.49. The van der Waals surface area contributed by atoms with Crippen LogP contribution in [0.5, 0.6) is 5.75 Å². The Morgan fingerprint density at radius 2 is 1.46 bits per heavy atom. The second-order valence-corrected chi connectivity index (χ2v) is 13.2. The van der Waals surface area contributed by atoms with Gasteiger partial charge < -0.3 is 14.7 Å². The summed E-state index contributed by atoms with van der Waals surface area (Å²) < 4.78 is 5.47. The van der Waals surface area contributed by atoms with Gasteiger partial charge in [-0.1, -0.05) is 42.0 Å². The molecular weight excluding hydrogens is 582 g/mol. The number of para-hydroxylation sites is 1. The number of carbonyl (C=O) groups excluding carboxylic acids is 4. The van der Waals surface area contributed by atoms with Crippen molar-refractivity contribution in [1.29, 1.82) is 0 Å². The quantitative estimate of drug-likeness (QED) is 0.335. The van der Waals surface area contributed by atoms with Gasteiger partial charge in [0.25, 0.3) is 0 Å². The molecule has 0 radical (unpaired) electrons. The second kappa shape index (κ2) is 10.7. The molecule has 8 rings (SSSR count). The predicted molar refractivity (Wildman–Crippen MR) is 171 cm³/mol. The van der Waals surface area contributed by atoms with E-state index in [1.807, 2.05) is 49.4 Å². The summed E-state index contributed by atoms with van der Waals surface area (Å²) in [5, 5.41) is 10.5. The van der Waals surface area contributed by atoms with Gasteiger partial charge in [-0.2, -0.15) is 0 Å². The van der Waals surface area contributed by atoms with Crippen LogP contribution in [0, 0.1) is 29.1 Å². The Morgan fingerprint density at radius 3 is 2.17 bits per heavy atom. The number of ether oxygens (including phenoxy) is 1. The van der Waals surface area contributed by atoms with Crippen LogP contribution in [0.4, 0.5) is 17.1 Å². The van der Waals surface area contributed by atoms with E-state index in [1.165, 1.54) is 9.80 Å². The van der Waals surface area contributed by atoms with Gasteiger partial charge >= 0.3 is 0 Å². The molecule has 2 aliphatic carbocycles. The summed E-state index contributed by atoms with van der Waals surface area (Å²) in [5.74, 6) is -3.90. The van der Waals surface area contributed by atoms with Crippen molar-refractivity contribution >= 4 is 40.7 Å². The van der Waals surface area contributed by atoms with E-state index in [1.54, 1.807) is 42.5 Å².